The second-order valence-electron chi connectivity index (χ2n) is 11.4. The van der Waals surface area contributed by atoms with Gasteiger partial charge in [0.1, 0.15) is 15.9 Å². The SMILES string of the molecule is CC#N.Cc1cccc(C)c1[Se-].Cc1cccc(C)c1[Se-].Cc1cccc(C)c1[Se-].[Tc].c1ccc([PH+](c2ccccc2)c2ccccc2)cc1. The molecule has 0 aliphatic heterocycles. The Morgan fingerprint density at radius 2 is 0.560 bits per heavy atom. The van der Waals surface area contributed by atoms with Gasteiger partial charge in [-0.2, -0.15) is 5.26 Å². The van der Waals surface area contributed by atoms with Crippen LogP contribution in [0, 0.1) is 52.9 Å². The Kier molecular flexibility index (Phi) is 23.1. The molecular weight excluding hydrogens is 908 g/mol. The van der Waals surface area contributed by atoms with E-state index in [9.17, 15) is 0 Å². The molecule has 6 aromatic rings. The summed E-state index contributed by atoms with van der Waals surface area (Å²) < 4.78 is 3.87. The first-order valence-electron chi connectivity index (χ1n) is 16.1. The first-order valence-corrected chi connectivity index (χ1v) is 20.1. The Balaban J connectivity index is 0.000000345. The summed E-state index contributed by atoms with van der Waals surface area (Å²) >= 11 is 9.12. The molecule has 0 unspecified atom stereocenters. The number of aryl methyl sites for hydroxylation is 6. The normalized spacial score (nSPS) is 9.34. The minimum absolute atomic E-state index is 0. The zero-order valence-corrected chi connectivity index (χ0v) is 37.9. The Bertz CT molecular complexity index is 1600. The van der Waals surface area contributed by atoms with Gasteiger partial charge in [0.2, 0.25) is 0 Å². The molecule has 0 fully saturated rings. The molecule has 0 heterocycles. The van der Waals surface area contributed by atoms with Crippen molar-refractivity contribution in [2.45, 2.75) is 48.5 Å². The van der Waals surface area contributed by atoms with Crippen LogP contribution >= 0.6 is 7.92 Å². The topological polar surface area (TPSA) is 23.8 Å². The standard InChI is InChI=1S/C18H15P.3C8H10Se.C2H3N.Tc/c1-4-10-16(11-5-1)19(17-12-6-2-7-13-17)18-14-8-3-9-15-18;3*1-6-4-3-5-7(2)8(6)9;1-2-3;/h1-15H;3*3-5,9H,1-2H3;1H3;/p-2. The van der Waals surface area contributed by atoms with Gasteiger partial charge in [-0.3, -0.25) is 0 Å². The van der Waals surface area contributed by atoms with Crippen molar-refractivity contribution in [2.75, 3.05) is 0 Å². The molecule has 0 aliphatic rings. The number of hydrogen-bond acceptors (Lipinski definition) is 1. The number of rotatable bonds is 3. The van der Waals surface area contributed by atoms with Gasteiger partial charge in [-0.1, -0.05) is 54.6 Å². The summed E-state index contributed by atoms with van der Waals surface area (Å²) in [5.74, 6) is 0. The molecule has 1 radical (unpaired) electrons. The molecule has 0 N–H and O–H groups in total. The van der Waals surface area contributed by atoms with Crippen molar-refractivity contribution in [1.82, 2.24) is 0 Å². The predicted molar refractivity (Wildman–Crippen MR) is 222 cm³/mol. The molecule has 6 rings (SSSR count). The summed E-state index contributed by atoms with van der Waals surface area (Å²) in [5.41, 5.74) is 7.97. The molecule has 0 aliphatic carbocycles. The second kappa shape index (κ2) is 25.4. The first kappa shape index (κ1) is 45.5. The van der Waals surface area contributed by atoms with Gasteiger partial charge in [0.15, 0.2) is 0 Å². The van der Waals surface area contributed by atoms with Crippen molar-refractivity contribution in [3.8, 4) is 6.07 Å². The van der Waals surface area contributed by atoms with Crippen molar-refractivity contribution >= 4 is 85.3 Å². The molecule has 50 heavy (non-hydrogen) atoms. The molecule has 1 nitrogen and oxygen atoms in total. The Morgan fingerprint density at radius 3 is 0.720 bits per heavy atom. The van der Waals surface area contributed by atoms with Crippen molar-refractivity contribution in [1.29, 1.82) is 5.26 Å². The smallest absolute Gasteiger partial charge is 0.0620 e. The van der Waals surface area contributed by atoms with E-state index in [2.05, 4.69) is 235 Å². The average Bonchev–Trinajstić information content (AvgIpc) is 3.11. The summed E-state index contributed by atoms with van der Waals surface area (Å²) in [5, 5.41) is 11.6. The van der Waals surface area contributed by atoms with Gasteiger partial charge < -0.3 is 0 Å². The fourth-order valence-corrected chi connectivity index (χ4v) is 8.15. The molecule has 0 spiro atoms. The van der Waals surface area contributed by atoms with Crippen LogP contribution < -0.4 is 29.3 Å². The largest absolute Gasteiger partial charge is 0.102 e. The molecule has 0 amide bonds. The number of nitrogens with zero attached hydrogens (tertiary/aromatic N) is 1. The summed E-state index contributed by atoms with van der Waals surface area (Å²) in [6.07, 6.45) is 0. The van der Waals surface area contributed by atoms with Gasteiger partial charge in [0.05, 0.1) is 14.0 Å². The van der Waals surface area contributed by atoms with E-state index in [0.29, 0.717) is 0 Å². The third kappa shape index (κ3) is 15.8. The van der Waals surface area contributed by atoms with E-state index in [4.69, 9.17) is 5.26 Å². The maximum atomic E-state index is 7.32. The summed E-state index contributed by atoms with van der Waals surface area (Å²) in [4.78, 5) is 0. The van der Waals surface area contributed by atoms with E-state index >= 15 is 0 Å². The van der Waals surface area contributed by atoms with Gasteiger partial charge in [-0.05, 0) is 36.4 Å². The Morgan fingerprint density at radius 1 is 0.380 bits per heavy atom. The molecule has 0 aromatic heterocycles. The van der Waals surface area contributed by atoms with E-state index in [1.807, 2.05) is 0 Å². The molecule has 0 atom stereocenters. The Labute approximate surface area is 341 Å². The van der Waals surface area contributed by atoms with Crippen LogP contribution in [0.4, 0.5) is 0 Å². The maximum Gasteiger partial charge on any atom is 0.102 e. The predicted octanol–water partition coefficient (Wildman–Crippen LogP) is 7.00. The number of benzene rings is 6. The van der Waals surface area contributed by atoms with E-state index in [1.165, 1.54) is 69.6 Å². The van der Waals surface area contributed by atoms with Gasteiger partial charge in [0, 0.05) is 27.0 Å². The summed E-state index contributed by atoms with van der Waals surface area (Å²) in [6.45, 7) is 14.1. The summed E-state index contributed by atoms with van der Waals surface area (Å²) in [6, 6.07) is 53.1. The van der Waals surface area contributed by atoms with Crippen LogP contribution in [0.1, 0.15) is 40.3 Å². The molecule has 6 aromatic carbocycles. The van der Waals surface area contributed by atoms with Crippen LogP contribution in [0.3, 0.4) is 0 Å². The monoisotopic (exact) mass is 956 g/mol. The fraction of sp³-hybridized carbons (Fsp3) is 0.159. The average molecular weight is 955 g/mol. The van der Waals surface area contributed by atoms with Gasteiger partial charge in [-0.15, -0.1) is 0 Å². The van der Waals surface area contributed by atoms with Crippen molar-refractivity contribution in [3.05, 3.63) is 179 Å². The van der Waals surface area contributed by atoms with E-state index in [1.54, 1.807) is 6.07 Å². The van der Waals surface area contributed by atoms with E-state index in [0.717, 1.165) is 0 Å². The Hall–Kier alpha value is -2.55. The molecule has 0 saturated carbocycles. The van der Waals surface area contributed by atoms with Crippen LogP contribution in [0.15, 0.2) is 146 Å². The van der Waals surface area contributed by atoms with Crippen LogP contribution in [0.25, 0.3) is 0 Å². The third-order valence-electron chi connectivity index (χ3n) is 7.41. The van der Waals surface area contributed by atoms with Crippen LogP contribution in [-0.4, -0.2) is 48.0 Å². The van der Waals surface area contributed by atoms with Crippen LogP contribution in [0.5, 0.6) is 0 Å². The second-order valence-corrected chi connectivity index (χ2v) is 16.4. The van der Waals surface area contributed by atoms with Crippen molar-refractivity contribution < 1.29 is 20.1 Å². The van der Waals surface area contributed by atoms with Gasteiger partial charge >= 0.3 is 191 Å². The quantitative estimate of drug-likeness (QED) is 0.139. The zero-order chi connectivity index (χ0) is 36.2. The van der Waals surface area contributed by atoms with Crippen molar-refractivity contribution in [3.63, 3.8) is 0 Å². The summed E-state index contributed by atoms with van der Waals surface area (Å²) in [7, 11) is -0.877. The maximum absolute atomic E-state index is 7.32. The minimum atomic E-state index is -0.877. The van der Waals surface area contributed by atoms with E-state index in [-0.39, 0.29) is 20.1 Å². The van der Waals surface area contributed by atoms with E-state index < -0.39 is 7.92 Å². The van der Waals surface area contributed by atoms with Crippen LogP contribution in [0.2, 0.25) is 0 Å². The molecule has 0 saturated heterocycles. The molecule has 6 heteroatoms. The third-order valence-corrected chi connectivity index (χ3v) is 14.2. The first-order chi connectivity index (χ1) is 23.5. The molecular formula is C44H46NPSe3Tc-2. The van der Waals surface area contributed by atoms with Gasteiger partial charge in [0.25, 0.3) is 0 Å². The zero-order valence-electron chi connectivity index (χ0n) is 29.9. The number of hydrogen-bond donors (Lipinski definition) is 0. The molecule has 0 bridgehead atoms. The van der Waals surface area contributed by atoms with Gasteiger partial charge in [-0.25, -0.2) is 0 Å². The fourth-order valence-electron chi connectivity index (χ4n) is 4.71. The van der Waals surface area contributed by atoms with Crippen molar-refractivity contribution in [2.24, 2.45) is 0 Å². The minimum Gasteiger partial charge on any atom is -0.0620 e. The molecule has 259 valence electrons. The number of nitriles is 1. The van der Waals surface area contributed by atoms with Crippen LogP contribution in [-0.2, 0) is 20.1 Å².